The first-order valence-corrected chi connectivity index (χ1v) is 9.97. The van der Waals surface area contributed by atoms with Crippen LogP contribution in [0.1, 0.15) is 37.5 Å². The third kappa shape index (κ3) is 3.83. The molecule has 1 aromatic rings. The highest BCUT2D eigenvalue weighted by atomic mass is 32.1. The zero-order chi connectivity index (χ0) is 19.6. The van der Waals surface area contributed by atoms with Gasteiger partial charge in [-0.25, -0.2) is 4.79 Å². The molecule has 146 valence electrons. The molecular formula is C18H23N3O5S. The highest BCUT2D eigenvalue weighted by molar-refractivity contribution is 7.09. The normalized spacial score (nSPS) is 22.3. The van der Waals surface area contributed by atoms with Crippen molar-refractivity contribution in [2.24, 2.45) is 0 Å². The van der Waals surface area contributed by atoms with Gasteiger partial charge in [-0.15, -0.1) is 11.3 Å². The molecule has 4 amide bonds. The standard InChI is InChI=1S/C18H23N3O5S/c1-2-8-20-17(25)16-13(7-9-19(16)14(22)5-6-15(23)24)21(18(20)26)11-12-4-3-10-27-12/h3-4,10,13,16H,2,5-9,11H2,1H3,(H,23,24). The smallest absolute Gasteiger partial charge is 0.327 e. The molecule has 1 N–H and O–H groups in total. The molecule has 1 aromatic heterocycles. The average molecular weight is 393 g/mol. The number of amides is 4. The van der Waals surface area contributed by atoms with E-state index in [9.17, 15) is 19.2 Å². The number of urea groups is 1. The van der Waals surface area contributed by atoms with Gasteiger partial charge in [0.15, 0.2) is 0 Å². The Kier molecular flexibility index (Phi) is 5.79. The molecule has 3 heterocycles. The maximum atomic E-state index is 13.0. The number of rotatable bonds is 7. The van der Waals surface area contributed by atoms with Gasteiger partial charge in [-0.3, -0.25) is 19.3 Å². The quantitative estimate of drug-likeness (QED) is 0.761. The van der Waals surface area contributed by atoms with Crippen LogP contribution in [0.5, 0.6) is 0 Å². The van der Waals surface area contributed by atoms with Crippen LogP contribution >= 0.6 is 11.3 Å². The Morgan fingerprint density at radius 3 is 2.70 bits per heavy atom. The first-order valence-electron chi connectivity index (χ1n) is 9.09. The Morgan fingerprint density at radius 2 is 2.07 bits per heavy atom. The fourth-order valence-corrected chi connectivity index (χ4v) is 4.48. The lowest BCUT2D eigenvalue weighted by molar-refractivity contribution is -0.147. The highest BCUT2D eigenvalue weighted by Gasteiger charge is 2.52. The number of carbonyl (C=O) groups excluding carboxylic acids is 3. The van der Waals surface area contributed by atoms with Crippen molar-refractivity contribution >= 4 is 35.2 Å². The van der Waals surface area contributed by atoms with Gasteiger partial charge in [0.05, 0.1) is 19.0 Å². The molecule has 0 saturated carbocycles. The lowest BCUT2D eigenvalue weighted by atomic mass is 10.0. The number of hydrogen-bond donors (Lipinski definition) is 1. The van der Waals surface area contributed by atoms with E-state index in [1.807, 2.05) is 24.4 Å². The number of nitrogens with zero attached hydrogens (tertiary/aromatic N) is 3. The lowest BCUT2D eigenvalue weighted by Gasteiger charge is -2.43. The largest absolute Gasteiger partial charge is 0.481 e. The number of carboxylic acid groups (broad SMARTS) is 1. The van der Waals surface area contributed by atoms with E-state index in [2.05, 4.69) is 0 Å². The monoisotopic (exact) mass is 393 g/mol. The summed E-state index contributed by atoms with van der Waals surface area (Å²) < 4.78 is 0. The topological polar surface area (TPSA) is 98.2 Å². The van der Waals surface area contributed by atoms with Crippen LogP contribution in [-0.2, 0) is 20.9 Å². The molecule has 8 nitrogen and oxygen atoms in total. The third-order valence-electron chi connectivity index (χ3n) is 4.99. The van der Waals surface area contributed by atoms with E-state index in [4.69, 9.17) is 5.11 Å². The number of fused-ring (bicyclic) bond motifs is 1. The van der Waals surface area contributed by atoms with Gasteiger partial charge in [0.2, 0.25) is 5.91 Å². The van der Waals surface area contributed by atoms with Crippen molar-refractivity contribution in [1.29, 1.82) is 0 Å². The van der Waals surface area contributed by atoms with Crippen molar-refractivity contribution < 1.29 is 24.3 Å². The highest BCUT2D eigenvalue weighted by Crippen LogP contribution is 2.32. The van der Waals surface area contributed by atoms with Crippen LogP contribution in [0.3, 0.4) is 0 Å². The second kappa shape index (κ2) is 8.08. The second-order valence-corrected chi connectivity index (χ2v) is 7.79. The summed E-state index contributed by atoms with van der Waals surface area (Å²) in [6.45, 7) is 2.95. The van der Waals surface area contributed by atoms with Gasteiger partial charge in [0.1, 0.15) is 6.04 Å². The molecule has 0 radical (unpaired) electrons. The average Bonchev–Trinajstić information content (AvgIpc) is 3.29. The van der Waals surface area contributed by atoms with Crippen molar-refractivity contribution in [3.8, 4) is 0 Å². The van der Waals surface area contributed by atoms with E-state index in [1.54, 1.807) is 16.2 Å². The van der Waals surface area contributed by atoms with Gasteiger partial charge >= 0.3 is 12.0 Å². The van der Waals surface area contributed by atoms with Crippen LogP contribution in [0, 0.1) is 0 Å². The molecule has 0 aromatic carbocycles. The van der Waals surface area contributed by atoms with Crippen LogP contribution in [-0.4, -0.2) is 68.8 Å². The molecule has 2 aliphatic heterocycles. The molecule has 9 heteroatoms. The summed E-state index contributed by atoms with van der Waals surface area (Å²) in [5.74, 6) is -1.74. The third-order valence-corrected chi connectivity index (χ3v) is 5.85. The Bertz CT molecular complexity index is 735. The SMILES string of the molecule is CCCN1C(=O)C2C(CCN2C(=O)CCC(=O)O)N(Cc2cccs2)C1=O. The number of imide groups is 1. The van der Waals surface area contributed by atoms with E-state index in [-0.39, 0.29) is 36.7 Å². The summed E-state index contributed by atoms with van der Waals surface area (Å²) in [7, 11) is 0. The van der Waals surface area contributed by atoms with Crippen molar-refractivity contribution in [1.82, 2.24) is 14.7 Å². The zero-order valence-electron chi connectivity index (χ0n) is 15.2. The van der Waals surface area contributed by atoms with Crippen LogP contribution in [0.15, 0.2) is 17.5 Å². The summed E-state index contributed by atoms with van der Waals surface area (Å²) in [4.78, 5) is 54.6. The van der Waals surface area contributed by atoms with Gasteiger partial charge in [0, 0.05) is 24.4 Å². The van der Waals surface area contributed by atoms with Crippen LogP contribution in [0.2, 0.25) is 0 Å². The Hall–Kier alpha value is -2.42. The molecule has 3 rings (SSSR count). The summed E-state index contributed by atoms with van der Waals surface area (Å²) in [6, 6.07) is 2.45. The fraction of sp³-hybridized carbons (Fsp3) is 0.556. The molecule has 27 heavy (non-hydrogen) atoms. The van der Waals surface area contributed by atoms with Crippen LogP contribution < -0.4 is 0 Å². The van der Waals surface area contributed by atoms with E-state index in [1.165, 1.54) is 9.80 Å². The van der Waals surface area contributed by atoms with Crippen molar-refractivity contribution in [3.63, 3.8) is 0 Å². The number of aliphatic carboxylic acids is 1. The molecule has 0 spiro atoms. The predicted molar refractivity (Wildman–Crippen MR) is 98.0 cm³/mol. The van der Waals surface area contributed by atoms with Gasteiger partial charge in [0.25, 0.3) is 5.91 Å². The number of hydrogen-bond acceptors (Lipinski definition) is 5. The lowest BCUT2D eigenvalue weighted by Crippen LogP contribution is -2.65. The molecule has 0 bridgehead atoms. The number of carboxylic acids is 1. The van der Waals surface area contributed by atoms with E-state index < -0.39 is 12.0 Å². The molecule has 2 saturated heterocycles. The molecule has 0 aliphatic carbocycles. The summed E-state index contributed by atoms with van der Waals surface area (Å²) >= 11 is 1.54. The van der Waals surface area contributed by atoms with Gasteiger partial charge in [-0.1, -0.05) is 13.0 Å². The van der Waals surface area contributed by atoms with Crippen LogP contribution in [0.4, 0.5) is 4.79 Å². The van der Waals surface area contributed by atoms with E-state index >= 15 is 0 Å². The van der Waals surface area contributed by atoms with E-state index in [0.29, 0.717) is 32.5 Å². The maximum Gasteiger partial charge on any atom is 0.327 e. The molecular weight excluding hydrogens is 370 g/mol. The summed E-state index contributed by atoms with van der Waals surface area (Å²) in [6.07, 6.45) is 0.747. The summed E-state index contributed by atoms with van der Waals surface area (Å²) in [5.41, 5.74) is 0. The molecule has 2 fully saturated rings. The minimum Gasteiger partial charge on any atom is -0.481 e. The number of thiophene rings is 1. The Balaban J connectivity index is 1.85. The van der Waals surface area contributed by atoms with Crippen molar-refractivity contribution in [3.05, 3.63) is 22.4 Å². The zero-order valence-corrected chi connectivity index (χ0v) is 16.0. The van der Waals surface area contributed by atoms with Gasteiger partial charge in [-0.2, -0.15) is 0 Å². The number of likely N-dealkylation sites (tertiary alicyclic amines) is 1. The molecule has 2 aliphatic rings. The van der Waals surface area contributed by atoms with E-state index in [0.717, 1.165) is 4.88 Å². The summed E-state index contributed by atoms with van der Waals surface area (Å²) in [5, 5.41) is 10.8. The van der Waals surface area contributed by atoms with Crippen molar-refractivity contribution in [2.45, 2.75) is 51.2 Å². The maximum absolute atomic E-state index is 13.0. The number of carbonyl (C=O) groups is 4. The molecule has 2 unspecified atom stereocenters. The Morgan fingerprint density at radius 1 is 1.30 bits per heavy atom. The Labute approximate surface area is 161 Å². The van der Waals surface area contributed by atoms with Gasteiger partial charge in [-0.05, 0) is 24.3 Å². The van der Waals surface area contributed by atoms with Crippen LogP contribution in [0.25, 0.3) is 0 Å². The minimum atomic E-state index is -1.05. The fourth-order valence-electron chi connectivity index (χ4n) is 3.77. The van der Waals surface area contributed by atoms with Gasteiger partial charge < -0.3 is 14.9 Å². The second-order valence-electron chi connectivity index (χ2n) is 6.76. The molecule has 2 atom stereocenters. The first kappa shape index (κ1) is 19.3. The predicted octanol–water partition coefficient (Wildman–Crippen LogP) is 1.76. The first-order chi connectivity index (χ1) is 12.9. The van der Waals surface area contributed by atoms with Crippen molar-refractivity contribution in [2.75, 3.05) is 13.1 Å². The minimum absolute atomic E-state index is 0.140.